The van der Waals surface area contributed by atoms with Gasteiger partial charge in [-0.1, -0.05) is 47.5 Å². The number of benzene rings is 2. The predicted molar refractivity (Wildman–Crippen MR) is 187 cm³/mol. The van der Waals surface area contributed by atoms with Crippen molar-refractivity contribution in [2.24, 2.45) is 5.92 Å². The van der Waals surface area contributed by atoms with Gasteiger partial charge in [-0.3, -0.25) is 10.5 Å². The van der Waals surface area contributed by atoms with Gasteiger partial charge >= 0.3 is 11.9 Å². The summed E-state index contributed by atoms with van der Waals surface area (Å²) in [7, 11) is 5.07. The van der Waals surface area contributed by atoms with Crippen molar-refractivity contribution in [1.82, 2.24) is 10.2 Å². The number of carbonyl (C=O) groups excluding carboxylic acids is 1. The number of nitrogens with one attached hydrogen (secondary N) is 1. The van der Waals surface area contributed by atoms with Gasteiger partial charge in [0.2, 0.25) is 12.4 Å². The first-order valence-corrected chi connectivity index (χ1v) is 17.6. The Morgan fingerprint density at radius 3 is 2.36 bits per heavy atom. The fourth-order valence-corrected chi connectivity index (χ4v) is 7.75. The Balaban J connectivity index is 1.48. The number of carbonyl (C=O) groups is 2. The van der Waals surface area contributed by atoms with Crippen molar-refractivity contribution in [2.75, 3.05) is 41.0 Å². The Kier molecular flexibility index (Phi) is 12.6. The molecule has 1 fully saturated rings. The standard InChI is InChI=1S/C36H38Cl2FN3O7S/c1-41-12-10-21(11-13-41)20-49-36(45)33(24-6-4-5-7-30(24)39)40-17-23-15-26(34(50-23)35(43)44)25(16-27-28(37)18-42(46)19-29(27)38)22-8-9-31(47-2)32(14-22)48-3/h4-9,14-15,18-19,21,25,33,40H,10-13,16-17,20H2,1-3H3,(H-,43,44,46)/p+1/t25-,33?/m0/s1. The molecule has 0 spiro atoms. The van der Waals surface area contributed by atoms with E-state index in [4.69, 9.17) is 37.4 Å². The second kappa shape index (κ2) is 16.8. The number of carboxylic acids is 1. The number of hydrogen-bond acceptors (Lipinski definition) is 9. The summed E-state index contributed by atoms with van der Waals surface area (Å²) >= 11 is 14.1. The van der Waals surface area contributed by atoms with Crippen LogP contribution in [0.1, 0.15) is 61.6 Å². The van der Waals surface area contributed by atoms with Gasteiger partial charge < -0.3 is 24.2 Å². The Hall–Kier alpha value is -3.94. The number of pyridine rings is 1. The minimum Gasteiger partial charge on any atom is -0.493 e. The van der Waals surface area contributed by atoms with Crippen LogP contribution in [-0.2, 0) is 22.5 Å². The maximum atomic E-state index is 15.1. The van der Waals surface area contributed by atoms with Crippen LogP contribution in [0.2, 0.25) is 10.0 Å². The SMILES string of the molecule is COc1ccc([C@H](Cc2c(Cl)c[n+](O)cc2Cl)c2cc(CNC(C(=O)OCC3CCN(C)CC3)c3ccccc3F)sc2C(=O)O)cc1OC. The summed E-state index contributed by atoms with van der Waals surface area (Å²) in [5.41, 5.74) is 1.78. The third-order valence-electron chi connectivity index (χ3n) is 8.90. The third-order valence-corrected chi connectivity index (χ3v) is 10.7. The first kappa shape index (κ1) is 37.3. The molecule has 4 aromatic rings. The smallest absolute Gasteiger partial charge is 0.346 e. The minimum atomic E-state index is -1.15. The lowest BCUT2D eigenvalue weighted by molar-refractivity contribution is -0.904. The van der Waals surface area contributed by atoms with E-state index in [1.54, 1.807) is 36.4 Å². The Morgan fingerprint density at radius 2 is 1.72 bits per heavy atom. The number of aromatic nitrogens is 1. The zero-order valence-corrected chi connectivity index (χ0v) is 30.2. The number of methoxy groups -OCH3 is 2. The van der Waals surface area contributed by atoms with E-state index in [1.807, 2.05) is 0 Å². The molecule has 3 N–H and O–H groups in total. The first-order valence-electron chi connectivity index (χ1n) is 16.0. The highest BCUT2D eigenvalue weighted by Gasteiger charge is 2.30. The molecule has 1 aliphatic heterocycles. The predicted octanol–water partition coefficient (Wildman–Crippen LogP) is 6.52. The van der Waals surface area contributed by atoms with Crippen LogP contribution in [0, 0.1) is 11.7 Å². The number of halogens is 3. The van der Waals surface area contributed by atoms with Crippen molar-refractivity contribution in [3.05, 3.63) is 109 Å². The highest BCUT2D eigenvalue weighted by atomic mass is 35.5. The van der Waals surface area contributed by atoms with Crippen molar-refractivity contribution < 1.29 is 43.2 Å². The molecule has 266 valence electrons. The molecule has 3 heterocycles. The molecule has 0 aliphatic carbocycles. The van der Waals surface area contributed by atoms with Crippen molar-refractivity contribution in [2.45, 2.75) is 37.8 Å². The number of piperidine rings is 1. The summed E-state index contributed by atoms with van der Waals surface area (Å²) in [4.78, 5) is 29.1. The average molecular weight is 748 g/mol. The molecule has 2 aromatic carbocycles. The summed E-state index contributed by atoms with van der Waals surface area (Å²) in [6.07, 6.45) is 4.56. The maximum Gasteiger partial charge on any atom is 0.346 e. The van der Waals surface area contributed by atoms with Crippen LogP contribution >= 0.6 is 34.5 Å². The molecule has 50 heavy (non-hydrogen) atoms. The molecule has 10 nitrogen and oxygen atoms in total. The van der Waals surface area contributed by atoms with Gasteiger partial charge in [0.15, 0.2) is 11.5 Å². The molecule has 1 unspecified atom stereocenters. The van der Waals surface area contributed by atoms with E-state index in [9.17, 15) is 19.9 Å². The fourth-order valence-electron chi connectivity index (χ4n) is 6.13. The van der Waals surface area contributed by atoms with Gasteiger partial charge in [0.25, 0.3) is 0 Å². The second-order valence-corrected chi connectivity index (χ2v) is 14.1. The van der Waals surface area contributed by atoms with Gasteiger partial charge in [-0.05, 0) is 80.7 Å². The van der Waals surface area contributed by atoms with Gasteiger partial charge in [0, 0.05) is 33.2 Å². The third kappa shape index (κ3) is 8.85. The Labute approximate surface area is 303 Å². The lowest BCUT2D eigenvalue weighted by Gasteiger charge is -2.29. The van der Waals surface area contributed by atoms with Gasteiger partial charge in [0.1, 0.15) is 26.8 Å². The van der Waals surface area contributed by atoms with E-state index >= 15 is 4.39 Å². The lowest BCUT2D eigenvalue weighted by atomic mass is 9.85. The normalized spacial score (nSPS) is 15.0. The zero-order chi connectivity index (χ0) is 35.9. The van der Waals surface area contributed by atoms with Crippen LogP contribution in [-0.4, -0.2) is 68.1 Å². The molecule has 5 rings (SSSR count). The number of rotatable bonds is 14. The summed E-state index contributed by atoms with van der Waals surface area (Å²) in [6, 6.07) is 11.9. The van der Waals surface area contributed by atoms with E-state index < -0.39 is 29.7 Å². The molecule has 2 aromatic heterocycles. The molecule has 14 heteroatoms. The molecule has 1 aliphatic rings. The molecular weight excluding hydrogens is 708 g/mol. The number of ether oxygens (including phenoxy) is 3. The van der Waals surface area contributed by atoms with Crippen molar-refractivity contribution in [3.63, 3.8) is 0 Å². The van der Waals surface area contributed by atoms with E-state index in [0.717, 1.165) is 42.0 Å². The van der Waals surface area contributed by atoms with Crippen LogP contribution in [0.15, 0.2) is 60.9 Å². The number of thiophene rings is 1. The highest BCUT2D eigenvalue weighted by Crippen LogP contribution is 2.41. The molecule has 1 saturated heterocycles. The van der Waals surface area contributed by atoms with Crippen LogP contribution in [0.4, 0.5) is 4.39 Å². The molecule has 0 bridgehead atoms. The number of carboxylic acid groups (broad SMARTS) is 1. The van der Waals surface area contributed by atoms with E-state index in [1.165, 1.54) is 38.7 Å². The average Bonchev–Trinajstić information content (AvgIpc) is 3.52. The van der Waals surface area contributed by atoms with E-state index in [-0.39, 0.29) is 46.0 Å². The maximum absolute atomic E-state index is 15.1. The van der Waals surface area contributed by atoms with Crippen molar-refractivity contribution in [3.8, 4) is 11.5 Å². The first-order chi connectivity index (χ1) is 24.0. The second-order valence-electron chi connectivity index (χ2n) is 12.2. The van der Waals surface area contributed by atoms with E-state index in [0.29, 0.717) is 33.1 Å². The molecule has 0 saturated carbocycles. The van der Waals surface area contributed by atoms with Crippen LogP contribution in [0.25, 0.3) is 0 Å². The number of hydrogen-bond donors (Lipinski definition) is 3. The van der Waals surface area contributed by atoms with Gasteiger partial charge in [-0.15, -0.1) is 11.3 Å². The van der Waals surface area contributed by atoms with Crippen LogP contribution < -0.4 is 19.5 Å². The van der Waals surface area contributed by atoms with Crippen LogP contribution in [0.3, 0.4) is 0 Å². The topological polar surface area (TPSA) is 121 Å². The number of likely N-dealkylation sites (tertiary alicyclic amines) is 1. The molecule has 0 amide bonds. The molecular formula is C36H39Cl2FN3O7S+. The zero-order valence-electron chi connectivity index (χ0n) is 27.8. The van der Waals surface area contributed by atoms with E-state index in [2.05, 4.69) is 17.3 Å². The minimum absolute atomic E-state index is 0.0449. The quantitative estimate of drug-likeness (QED) is 0.0752. The molecule has 0 radical (unpaired) electrons. The van der Waals surface area contributed by atoms with Crippen LogP contribution in [0.5, 0.6) is 11.5 Å². The number of esters is 1. The Morgan fingerprint density at radius 1 is 1.04 bits per heavy atom. The number of nitrogens with zero attached hydrogens (tertiary/aromatic N) is 2. The van der Waals surface area contributed by atoms with Crippen molar-refractivity contribution in [1.29, 1.82) is 0 Å². The summed E-state index contributed by atoms with van der Waals surface area (Å²) < 4.78 is 32.5. The Bertz CT molecular complexity index is 1810. The summed E-state index contributed by atoms with van der Waals surface area (Å²) in [5.74, 6) is -1.77. The largest absolute Gasteiger partial charge is 0.493 e. The highest BCUT2D eigenvalue weighted by molar-refractivity contribution is 7.14. The summed E-state index contributed by atoms with van der Waals surface area (Å²) in [5, 5.41) is 23.9. The monoisotopic (exact) mass is 746 g/mol. The summed E-state index contributed by atoms with van der Waals surface area (Å²) in [6.45, 7) is 2.11. The fraction of sp³-hybridized carbons (Fsp3) is 0.361. The van der Waals surface area contributed by atoms with Gasteiger partial charge in [-0.2, -0.15) is 0 Å². The number of aromatic carboxylic acids is 1. The lowest BCUT2D eigenvalue weighted by Crippen LogP contribution is -2.35. The molecule has 2 atom stereocenters. The van der Waals surface area contributed by atoms with Gasteiger partial charge in [-0.25, -0.2) is 14.0 Å². The van der Waals surface area contributed by atoms with Gasteiger partial charge in [0.05, 0.1) is 20.8 Å². The van der Waals surface area contributed by atoms with Crippen molar-refractivity contribution >= 4 is 46.5 Å².